The van der Waals surface area contributed by atoms with Crippen LogP contribution in [0.3, 0.4) is 0 Å². The molecule has 0 heterocycles. The third-order valence-corrected chi connectivity index (χ3v) is 8.65. The molecule has 0 spiro atoms. The zero-order valence-corrected chi connectivity index (χ0v) is 20.2. The number of hydrogen-bond acceptors (Lipinski definition) is 0. The minimum absolute atomic E-state index is 0.388. The van der Waals surface area contributed by atoms with Crippen molar-refractivity contribution in [2.45, 2.75) is 97.1 Å². The van der Waals surface area contributed by atoms with Crippen LogP contribution in [0.4, 0.5) is 4.39 Å². The summed E-state index contributed by atoms with van der Waals surface area (Å²) in [6, 6.07) is 16.9. The van der Waals surface area contributed by atoms with Gasteiger partial charge >= 0.3 is 0 Å². The van der Waals surface area contributed by atoms with Crippen LogP contribution in [-0.4, -0.2) is 0 Å². The molecule has 2 fully saturated rings. The van der Waals surface area contributed by atoms with Crippen molar-refractivity contribution >= 4 is 0 Å². The van der Waals surface area contributed by atoms with Gasteiger partial charge in [-0.1, -0.05) is 100 Å². The van der Waals surface area contributed by atoms with E-state index in [0.29, 0.717) is 0 Å². The van der Waals surface area contributed by atoms with Crippen molar-refractivity contribution in [1.29, 1.82) is 0 Å². The lowest BCUT2D eigenvalue weighted by atomic mass is 9.68. The number of rotatable bonds is 9. The molecule has 0 unspecified atom stereocenters. The molecule has 1 heteroatoms. The largest absolute Gasteiger partial charge is 0.246 e. The van der Waals surface area contributed by atoms with Crippen molar-refractivity contribution in [2.75, 3.05) is 0 Å². The molecule has 2 saturated carbocycles. The molecule has 2 aliphatic rings. The molecule has 0 nitrogen and oxygen atoms in total. The monoisotopic (exact) mass is 434 g/mol. The van der Waals surface area contributed by atoms with Gasteiger partial charge in [0.1, 0.15) is 6.67 Å². The van der Waals surface area contributed by atoms with Crippen LogP contribution in [0, 0.1) is 23.7 Å². The summed E-state index contributed by atoms with van der Waals surface area (Å²) in [7, 11) is 0. The van der Waals surface area contributed by atoms with E-state index in [0.717, 1.165) is 29.2 Å². The summed E-state index contributed by atoms with van der Waals surface area (Å²) >= 11 is 0. The molecule has 0 atom stereocenters. The van der Waals surface area contributed by atoms with Crippen molar-refractivity contribution in [2.24, 2.45) is 23.7 Å². The highest BCUT2D eigenvalue weighted by Gasteiger charge is 2.30. The Bertz CT molecular complexity index is 774. The highest BCUT2D eigenvalue weighted by Crippen LogP contribution is 2.43. The minimum atomic E-state index is -0.388. The topological polar surface area (TPSA) is 0 Å². The predicted octanol–water partition coefficient (Wildman–Crippen LogP) is 9.56. The summed E-state index contributed by atoms with van der Waals surface area (Å²) in [6.07, 6.45) is 18.8. The molecule has 2 aromatic carbocycles. The molecule has 0 amide bonds. The first-order chi connectivity index (χ1) is 15.7. The van der Waals surface area contributed by atoms with Gasteiger partial charge in [-0.15, -0.1) is 0 Å². The lowest BCUT2D eigenvalue weighted by molar-refractivity contribution is 0.140. The third-order valence-electron chi connectivity index (χ3n) is 8.65. The van der Waals surface area contributed by atoms with Gasteiger partial charge in [0, 0.05) is 0 Å². The second-order valence-corrected chi connectivity index (χ2v) is 10.8. The summed E-state index contributed by atoms with van der Waals surface area (Å²) in [4.78, 5) is 0. The molecular formula is C31H43F. The minimum Gasteiger partial charge on any atom is -0.246 e. The number of halogens is 1. The Morgan fingerprint density at radius 1 is 0.625 bits per heavy atom. The fourth-order valence-corrected chi connectivity index (χ4v) is 6.41. The van der Waals surface area contributed by atoms with E-state index >= 15 is 0 Å². The van der Waals surface area contributed by atoms with Crippen LogP contribution in [0.15, 0.2) is 48.5 Å². The molecule has 0 aromatic heterocycles. The summed E-state index contributed by atoms with van der Waals surface area (Å²) in [5, 5.41) is 0. The van der Waals surface area contributed by atoms with Crippen LogP contribution >= 0.6 is 0 Å². The van der Waals surface area contributed by atoms with Gasteiger partial charge in [0.2, 0.25) is 0 Å². The maximum absolute atomic E-state index is 12.7. The second-order valence-electron chi connectivity index (χ2n) is 10.8. The first-order valence-electron chi connectivity index (χ1n) is 13.5. The summed E-state index contributed by atoms with van der Waals surface area (Å²) in [6.45, 7) is 1.94. The fourth-order valence-electron chi connectivity index (χ4n) is 6.41. The SMILES string of the molecule is CCCC[C@H]1CC[C@H]([C@H]2CC[C@H](CCc3ccc(-c4ccc(CF)cc4)cc3)CC2)CC1. The lowest BCUT2D eigenvalue weighted by Gasteiger charge is -2.38. The third kappa shape index (κ3) is 6.46. The average Bonchev–Trinajstić information content (AvgIpc) is 2.87. The Morgan fingerprint density at radius 3 is 1.56 bits per heavy atom. The Morgan fingerprint density at radius 2 is 1.09 bits per heavy atom. The van der Waals surface area contributed by atoms with Crippen molar-refractivity contribution in [3.8, 4) is 11.1 Å². The molecule has 0 N–H and O–H groups in total. The first kappa shape index (κ1) is 23.5. The zero-order valence-electron chi connectivity index (χ0n) is 20.2. The summed E-state index contributed by atoms with van der Waals surface area (Å²) < 4.78 is 12.7. The Balaban J connectivity index is 1.17. The van der Waals surface area contributed by atoms with Crippen LogP contribution in [0.2, 0.25) is 0 Å². The molecule has 174 valence electrons. The Hall–Kier alpha value is -1.63. The molecule has 0 radical (unpaired) electrons. The molecule has 2 aliphatic carbocycles. The summed E-state index contributed by atoms with van der Waals surface area (Å²) in [5.74, 6) is 4.05. The van der Waals surface area contributed by atoms with Gasteiger partial charge < -0.3 is 0 Å². The second kappa shape index (κ2) is 12.0. The van der Waals surface area contributed by atoms with E-state index in [1.807, 2.05) is 24.3 Å². The Labute approximate surface area is 196 Å². The molecule has 32 heavy (non-hydrogen) atoms. The first-order valence-corrected chi connectivity index (χ1v) is 13.5. The van der Waals surface area contributed by atoms with Crippen molar-refractivity contribution < 1.29 is 4.39 Å². The predicted molar refractivity (Wildman–Crippen MR) is 135 cm³/mol. The maximum Gasteiger partial charge on any atom is 0.115 e. The van der Waals surface area contributed by atoms with E-state index in [1.165, 1.54) is 100 Å². The van der Waals surface area contributed by atoms with Gasteiger partial charge in [0.25, 0.3) is 0 Å². The van der Waals surface area contributed by atoms with Gasteiger partial charge in [-0.2, -0.15) is 0 Å². The smallest absolute Gasteiger partial charge is 0.115 e. The Kier molecular flexibility index (Phi) is 8.83. The fraction of sp³-hybridized carbons (Fsp3) is 0.613. The van der Waals surface area contributed by atoms with E-state index < -0.39 is 0 Å². The zero-order chi connectivity index (χ0) is 22.2. The normalized spacial score (nSPS) is 26.2. The van der Waals surface area contributed by atoms with E-state index in [9.17, 15) is 4.39 Å². The van der Waals surface area contributed by atoms with E-state index in [-0.39, 0.29) is 6.67 Å². The highest BCUT2D eigenvalue weighted by atomic mass is 19.1. The van der Waals surface area contributed by atoms with Gasteiger partial charge in [-0.05, 0) is 84.5 Å². The van der Waals surface area contributed by atoms with E-state index in [1.54, 1.807) is 0 Å². The van der Waals surface area contributed by atoms with E-state index in [4.69, 9.17) is 0 Å². The molecule has 0 aliphatic heterocycles. The van der Waals surface area contributed by atoms with Crippen LogP contribution in [-0.2, 0) is 13.1 Å². The van der Waals surface area contributed by atoms with Gasteiger partial charge in [0.05, 0.1) is 0 Å². The highest BCUT2D eigenvalue weighted by molar-refractivity contribution is 5.63. The van der Waals surface area contributed by atoms with Gasteiger partial charge in [-0.25, -0.2) is 4.39 Å². The number of hydrogen-bond donors (Lipinski definition) is 0. The van der Waals surface area contributed by atoms with Crippen LogP contribution in [0.1, 0.15) is 95.1 Å². The van der Waals surface area contributed by atoms with Crippen LogP contribution in [0.5, 0.6) is 0 Å². The number of benzene rings is 2. The molecule has 0 bridgehead atoms. The standard InChI is InChI=1S/C31H43F/c1-2-3-4-24-7-15-28(16-8-24)29-17-9-25(10-18-29)5-6-26-11-19-30(20-12-26)31-21-13-27(23-32)14-22-31/h11-14,19-22,24-25,28-29H,2-10,15-18,23H2,1H3/t24-,25-,28-,29-. The van der Waals surface area contributed by atoms with Crippen molar-refractivity contribution in [1.82, 2.24) is 0 Å². The number of aryl methyl sites for hydroxylation is 1. The van der Waals surface area contributed by atoms with Gasteiger partial charge in [0.15, 0.2) is 0 Å². The molecule has 2 aromatic rings. The summed E-state index contributed by atoms with van der Waals surface area (Å²) in [5.41, 5.74) is 4.61. The molecular weight excluding hydrogens is 391 g/mol. The number of unbranched alkanes of at least 4 members (excludes halogenated alkanes) is 1. The van der Waals surface area contributed by atoms with Crippen LogP contribution < -0.4 is 0 Å². The van der Waals surface area contributed by atoms with Crippen molar-refractivity contribution in [3.05, 3.63) is 59.7 Å². The van der Waals surface area contributed by atoms with Crippen molar-refractivity contribution in [3.63, 3.8) is 0 Å². The maximum atomic E-state index is 12.7. The molecule has 4 rings (SSSR count). The lowest BCUT2D eigenvalue weighted by Crippen LogP contribution is -2.26. The quantitative estimate of drug-likeness (QED) is 0.368. The number of alkyl halides is 1. The average molecular weight is 435 g/mol. The molecule has 0 saturated heterocycles. The van der Waals surface area contributed by atoms with Gasteiger partial charge in [-0.3, -0.25) is 0 Å². The van der Waals surface area contributed by atoms with Crippen LogP contribution in [0.25, 0.3) is 11.1 Å². The van der Waals surface area contributed by atoms with E-state index in [2.05, 4.69) is 31.2 Å².